The summed E-state index contributed by atoms with van der Waals surface area (Å²) in [6.45, 7) is 5.12. The smallest absolute Gasteiger partial charge is 0.326 e. The lowest BCUT2D eigenvalue weighted by Crippen LogP contribution is -2.58. The summed E-state index contributed by atoms with van der Waals surface area (Å²) in [4.78, 5) is 75.8. The summed E-state index contributed by atoms with van der Waals surface area (Å²) in [6.07, 6.45) is 0.183. The second kappa shape index (κ2) is 15.0. The molecule has 4 amide bonds. The minimum absolute atomic E-state index is 0.000885. The largest absolute Gasteiger partial charge is 0.508 e. The van der Waals surface area contributed by atoms with Crippen molar-refractivity contribution in [1.82, 2.24) is 20.9 Å². The van der Waals surface area contributed by atoms with Gasteiger partial charge in [0.2, 0.25) is 23.6 Å². The van der Waals surface area contributed by atoms with Gasteiger partial charge < -0.3 is 41.9 Å². The fourth-order valence-corrected chi connectivity index (χ4v) is 4.50. The summed E-state index contributed by atoms with van der Waals surface area (Å²) in [5, 5.41) is 35.4. The number of aromatic hydroxyl groups is 1. The number of rotatable bonds is 14. The average Bonchev–Trinajstić information content (AvgIpc) is 3.38. The molecule has 0 radical (unpaired) electrons. The van der Waals surface area contributed by atoms with Gasteiger partial charge in [-0.2, -0.15) is 0 Å². The lowest BCUT2D eigenvalue weighted by molar-refractivity contribution is -0.146. The molecule has 0 aromatic heterocycles. The van der Waals surface area contributed by atoms with Gasteiger partial charge in [-0.25, -0.2) is 4.79 Å². The Kier molecular flexibility index (Phi) is 12.1. The fraction of sp³-hybridized carbons (Fsp3) is 0.556. The highest BCUT2D eigenvalue weighted by Crippen LogP contribution is 2.20. The number of likely N-dealkylation sites (tertiary alicyclic amines) is 1. The van der Waals surface area contributed by atoms with Crippen molar-refractivity contribution in [2.75, 3.05) is 6.54 Å². The number of phenolic OH excluding ortho intramolecular Hbond substituents is 1. The summed E-state index contributed by atoms with van der Waals surface area (Å²) in [7, 11) is 0. The van der Waals surface area contributed by atoms with Crippen LogP contribution in [0.3, 0.4) is 0 Å². The van der Waals surface area contributed by atoms with Gasteiger partial charge in [0.25, 0.3) is 0 Å². The van der Waals surface area contributed by atoms with E-state index in [1.54, 1.807) is 12.1 Å². The number of nitrogens with zero attached hydrogens (tertiary/aromatic N) is 1. The number of nitrogens with one attached hydrogen (secondary N) is 3. The Morgan fingerprint density at radius 3 is 2.12 bits per heavy atom. The van der Waals surface area contributed by atoms with Crippen LogP contribution >= 0.6 is 0 Å². The van der Waals surface area contributed by atoms with E-state index < -0.39 is 72.2 Å². The molecule has 8 N–H and O–H groups in total. The van der Waals surface area contributed by atoms with Gasteiger partial charge in [-0.05, 0) is 56.2 Å². The number of carboxylic acids is 2. The predicted octanol–water partition coefficient (Wildman–Crippen LogP) is -0.667. The summed E-state index contributed by atoms with van der Waals surface area (Å²) in [6, 6.07) is 0.118. The van der Waals surface area contributed by atoms with E-state index in [9.17, 15) is 44.1 Å². The van der Waals surface area contributed by atoms with Crippen molar-refractivity contribution in [2.45, 2.75) is 83.1 Å². The Hall–Kier alpha value is -4.20. The normalized spacial score (nSPS) is 17.7. The molecular formula is C27H39N5O9. The maximum atomic E-state index is 13.3. The van der Waals surface area contributed by atoms with Gasteiger partial charge >= 0.3 is 11.9 Å². The standard InChI is InChI=1S/C27H39N5O9/c1-14(2)11-20(27(40)41)31-23(36)15(3)29-25(38)21-5-4-10-32(21)26(39)19(13-22(34)35)30-24(37)18(28)12-16-6-8-17(33)9-7-16/h6-9,14-15,18-21,33H,4-5,10-13,28H2,1-3H3,(H,29,38)(H,30,37)(H,31,36)(H,34,35)(H,40,41)/t15-,18-,19-,20-,21-/m0/s1. The molecular weight excluding hydrogens is 538 g/mol. The van der Waals surface area contributed by atoms with Gasteiger partial charge in [-0.15, -0.1) is 0 Å². The number of hydrogen-bond donors (Lipinski definition) is 7. The van der Waals surface area contributed by atoms with Crippen LogP contribution in [0.4, 0.5) is 0 Å². The molecule has 0 saturated carbocycles. The molecule has 14 nitrogen and oxygen atoms in total. The van der Waals surface area contributed by atoms with Crippen LogP contribution in [0.15, 0.2) is 24.3 Å². The van der Waals surface area contributed by atoms with Gasteiger partial charge in [-0.3, -0.25) is 24.0 Å². The van der Waals surface area contributed by atoms with Gasteiger partial charge in [-0.1, -0.05) is 26.0 Å². The third-order valence-corrected chi connectivity index (χ3v) is 6.63. The molecule has 1 aromatic carbocycles. The summed E-state index contributed by atoms with van der Waals surface area (Å²) < 4.78 is 0. The van der Waals surface area contributed by atoms with Crippen LogP contribution < -0.4 is 21.7 Å². The van der Waals surface area contributed by atoms with Crippen molar-refractivity contribution < 1.29 is 44.1 Å². The lowest BCUT2D eigenvalue weighted by Gasteiger charge is -2.29. The highest BCUT2D eigenvalue weighted by molar-refractivity contribution is 5.96. The third kappa shape index (κ3) is 10.0. The van der Waals surface area contributed by atoms with E-state index in [1.807, 2.05) is 13.8 Å². The predicted molar refractivity (Wildman–Crippen MR) is 145 cm³/mol. The maximum Gasteiger partial charge on any atom is 0.326 e. The van der Waals surface area contributed by atoms with Crippen molar-refractivity contribution in [3.63, 3.8) is 0 Å². The van der Waals surface area contributed by atoms with Crippen LogP contribution in [0, 0.1) is 5.92 Å². The van der Waals surface area contributed by atoms with E-state index in [4.69, 9.17) is 5.73 Å². The molecule has 1 fully saturated rings. The van der Waals surface area contributed by atoms with Gasteiger partial charge in [0, 0.05) is 6.54 Å². The van der Waals surface area contributed by atoms with Gasteiger partial charge in [0.05, 0.1) is 12.5 Å². The molecule has 0 unspecified atom stereocenters. The first kappa shape index (κ1) is 33.0. The van der Waals surface area contributed by atoms with E-state index in [-0.39, 0.29) is 37.5 Å². The number of nitrogens with two attached hydrogens (primary N) is 1. The summed E-state index contributed by atoms with van der Waals surface area (Å²) in [5.74, 6) is -5.44. The van der Waals surface area contributed by atoms with Crippen molar-refractivity contribution in [3.8, 4) is 5.75 Å². The number of carboxylic acid groups (broad SMARTS) is 2. The Morgan fingerprint density at radius 1 is 0.951 bits per heavy atom. The minimum Gasteiger partial charge on any atom is -0.508 e. The zero-order valence-electron chi connectivity index (χ0n) is 23.3. The van der Waals surface area contributed by atoms with E-state index in [0.717, 1.165) is 4.90 Å². The maximum absolute atomic E-state index is 13.3. The van der Waals surface area contributed by atoms with Crippen molar-refractivity contribution in [1.29, 1.82) is 0 Å². The van der Waals surface area contributed by atoms with Crippen LogP contribution in [0.5, 0.6) is 5.75 Å². The molecule has 0 bridgehead atoms. The molecule has 1 aliphatic rings. The average molecular weight is 578 g/mol. The monoisotopic (exact) mass is 577 g/mol. The molecule has 1 aliphatic heterocycles. The topological polar surface area (TPSA) is 228 Å². The molecule has 14 heteroatoms. The number of aliphatic carboxylic acids is 2. The van der Waals surface area contributed by atoms with E-state index in [0.29, 0.717) is 12.0 Å². The third-order valence-electron chi connectivity index (χ3n) is 6.63. The van der Waals surface area contributed by atoms with Crippen LogP contribution in [-0.2, 0) is 35.2 Å². The first-order valence-electron chi connectivity index (χ1n) is 13.4. The second-order valence-electron chi connectivity index (χ2n) is 10.6. The molecule has 5 atom stereocenters. The number of carbonyl (C=O) groups is 6. The molecule has 1 heterocycles. The molecule has 1 saturated heterocycles. The van der Waals surface area contributed by atoms with Gasteiger partial charge in [0.1, 0.15) is 29.9 Å². The molecule has 2 rings (SSSR count). The highest BCUT2D eigenvalue weighted by atomic mass is 16.4. The summed E-state index contributed by atoms with van der Waals surface area (Å²) >= 11 is 0. The SMILES string of the molecule is CC(C)C[C@H](NC(=O)[C@H](C)NC(=O)[C@@H]1CCCN1C(=O)[C@H](CC(=O)O)NC(=O)[C@@H](N)Cc1ccc(O)cc1)C(=O)O. The minimum atomic E-state index is -1.49. The van der Waals surface area contributed by atoms with Crippen LogP contribution in [0.1, 0.15) is 52.0 Å². The number of hydrogen-bond acceptors (Lipinski definition) is 8. The fourth-order valence-electron chi connectivity index (χ4n) is 4.50. The number of phenols is 1. The second-order valence-corrected chi connectivity index (χ2v) is 10.6. The molecule has 226 valence electrons. The van der Waals surface area contributed by atoms with Crippen LogP contribution in [0.2, 0.25) is 0 Å². The number of amides is 4. The van der Waals surface area contributed by atoms with E-state index in [1.165, 1.54) is 19.1 Å². The quantitative estimate of drug-likeness (QED) is 0.147. The van der Waals surface area contributed by atoms with E-state index >= 15 is 0 Å². The van der Waals surface area contributed by atoms with Crippen molar-refractivity contribution in [3.05, 3.63) is 29.8 Å². The van der Waals surface area contributed by atoms with Gasteiger partial charge in [0.15, 0.2) is 0 Å². The van der Waals surface area contributed by atoms with Crippen LogP contribution in [-0.4, -0.2) is 92.5 Å². The molecule has 41 heavy (non-hydrogen) atoms. The molecule has 0 aliphatic carbocycles. The first-order chi connectivity index (χ1) is 19.2. The molecule has 0 spiro atoms. The molecule has 1 aromatic rings. The number of carbonyl (C=O) groups excluding carboxylic acids is 4. The summed E-state index contributed by atoms with van der Waals surface area (Å²) in [5.41, 5.74) is 6.61. The number of benzene rings is 1. The Morgan fingerprint density at radius 2 is 1.56 bits per heavy atom. The van der Waals surface area contributed by atoms with Crippen LogP contribution in [0.25, 0.3) is 0 Å². The Bertz CT molecular complexity index is 1120. The van der Waals surface area contributed by atoms with Crippen molar-refractivity contribution >= 4 is 35.6 Å². The highest BCUT2D eigenvalue weighted by Gasteiger charge is 2.39. The lowest BCUT2D eigenvalue weighted by atomic mass is 10.0. The Labute approximate surface area is 237 Å². The van der Waals surface area contributed by atoms with Crippen molar-refractivity contribution in [2.24, 2.45) is 11.7 Å². The zero-order chi connectivity index (χ0) is 30.9. The zero-order valence-corrected chi connectivity index (χ0v) is 23.3. The first-order valence-corrected chi connectivity index (χ1v) is 13.4. The van der Waals surface area contributed by atoms with E-state index in [2.05, 4.69) is 16.0 Å². The Balaban J connectivity index is 2.06.